The summed E-state index contributed by atoms with van der Waals surface area (Å²) in [5, 5.41) is 8.15. The molecule has 1 aromatic carbocycles. The fraction of sp³-hybridized carbons (Fsp3) is 0.500. The van der Waals surface area contributed by atoms with Crippen molar-refractivity contribution in [2.45, 2.75) is 26.1 Å². The molecule has 0 bridgehead atoms. The van der Waals surface area contributed by atoms with Crippen LogP contribution in [0.1, 0.15) is 24.2 Å². The number of amides is 1. The van der Waals surface area contributed by atoms with Gasteiger partial charge in [-0.05, 0) is 26.0 Å². The number of H-pyrrole nitrogens is 1. The van der Waals surface area contributed by atoms with Gasteiger partial charge in [0.15, 0.2) is 0 Å². The number of hydrogen-bond donors (Lipinski definition) is 1. The van der Waals surface area contributed by atoms with Crippen molar-refractivity contribution in [2.75, 3.05) is 26.3 Å². The molecule has 0 spiro atoms. The van der Waals surface area contributed by atoms with Gasteiger partial charge in [0.05, 0.1) is 47.7 Å². The number of morpholine rings is 1. The van der Waals surface area contributed by atoms with Crippen LogP contribution in [0.4, 0.5) is 0 Å². The smallest absolute Gasteiger partial charge is 0.257 e. The van der Waals surface area contributed by atoms with E-state index in [4.69, 9.17) is 21.1 Å². The fourth-order valence-corrected chi connectivity index (χ4v) is 2.90. The molecule has 1 aromatic heterocycles. The molecule has 1 unspecified atom stereocenters. The van der Waals surface area contributed by atoms with Crippen molar-refractivity contribution < 1.29 is 14.3 Å². The number of halogens is 1. The van der Waals surface area contributed by atoms with E-state index >= 15 is 0 Å². The molecular weight excluding hydrogens is 318 g/mol. The Morgan fingerprint density at radius 1 is 1.57 bits per heavy atom. The normalized spacial score (nSPS) is 18.8. The van der Waals surface area contributed by atoms with Gasteiger partial charge in [-0.15, -0.1) is 0 Å². The van der Waals surface area contributed by atoms with E-state index in [-0.39, 0.29) is 18.1 Å². The fourth-order valence-electron chi connectivity index (χ4n) is 2.66. The maximum atomic E-state index is 12.9. The summed E-state index contributed by atoms with van der Waals surface area (Å²) in [6.45, 7) is 5.96. The Bertz CT molecular complexity index is 701. The minimum Gasteiger partial charge on any atom is -0.376 e. The highest BCUT2D eigenvalue weighted by atomic mass is 35.5. The van der Waals surface area contributed by atoms with Crippen LogP contribution in [0.15, 0.2) is 18.3 Å². The summed E-state index contributed by atoms with van der Waals surface area (Å²) >= 11 is 6.26. The molecule has 1 saturated heterocycles. The van der Waals surface area contributed by atoms with Gasteiger partial charge in [-0.2, -0.15) is 5.10 Å². The van der Waals surface area contributed by atoms with Crippen molar-refractivity contribution in [3.05, 3.63) is 28.9 Å². The third kappa shape index (κ3) is 3.49. The minimum absolute atomic E-state index is 0.109. The van der Waals surface area contributed by atoms with Gasteiger partial charge in [0.1, 0.15) is 0 Å². The zero-order valence-electron chi connectivity index (χ0n) is 13.2. The SMILES string of the molecule is CC(C)OCC1CN(C(=O)c2c(Cl)ccc3cn[nH]c23)CCO1. The molecule has 0 saturated carbocycles. The molecule has 1 N–H and O–H groups in total. The zero-order chi connectivity index (χ0) is 16.4. The Labute approximate surface area is 139 Å². The lowest BCUT2D eigenvalue weighted by Crippen LogP contribution is -2.47. The van der Waals surface area contributed by atoms with Gasteiger partial charge >= 0.3 is 0 Å². The van der Waals surface area contributed by atoms with Crippen LogP contribution in [-0.4, -0.2) is 59.5 Å². The first kappa shape index (κ1) is 16.2. The van der Waals surface area contributed by atoms with Crippen molar-refractivity contribution >= 4 is 28.4 Å². The van der Waals surface area contributed by atoms with Crippen molar-refractivity contribution in [1.29, 1.82) is 0 Å². The molecule has 1 fully saturated rings. The molecule has 6 nitrogen and oxygen atoms in total. The largest absolute Gasteiger partial charge is 0.376 e. The van der Waals surface area contributed by atoms with Crippen LogP contribution in [-0.2, 0) is 9.47 Å². The zero-order valence-corrected chi connectivity index (χ0v) is 14.0. The summed E-state index contributed by atoms with van der Waals surface area (Å²) in [6.07, 6.45) is 1.70. The maximum Gasteiger partial charge on any atom is 0.257 e. The number of carbonyl (C=O) groups is 1. The molecule has 0 aliphatic carbocycles. The molecule has 1 aliphatic heterocycles. The number of hydrogen-bond acceptors (Lipinski definition) is 4. The number of fused-ring (bicyclic) bond motifs is 1. The van der Waals surface area contributed by atoms with Crippen molar-refractivity contribution in [1.82, 2.24) is 15.1 Å². The number of ether oxygens (including phenoxy) is 2. The van der Waals surface area contributed by atoms with Crippen LogP contribution < -0.4 is 0 Å². The van der Waals surface area contributed by atoms with Crippen LogP contribution >= 0.6 is 11.6 Å². The van der Waals surface area contributed by atoms with Crippen LogP contribution in [0.25, 0.3) is 10.9 Å². The molecule has 1 amide bonds. The minimum atomic E-state index is -0.116. The van der Waals surface area contributed by atoms with E-state index in [1.165, 1.54) is 0 Å². The second-order valence-electron chi connectivity index (χ2n) is 5.88. The van der Waals surface area contributed by atoms with Gasteiger partial charge in [0.2, 0.25) is 0 Å². The topological polar surface area (TPSA) is 67.5 Å². The highest BCUT2D eigenvalue weighted by Crippen LogP contribution is 2.26. The highest BCUT2D eigenvalue weighted by molar-refractivity contribution is 6.35. The summed E-state index contributed by atoms with van der Waals surface area (Å²) in [6, 6.07) is 3.57. The van der Waals surface area contributed by atoms with Crippen molar-refractivity contribution in [3.63, 3.8) is 0 Å². The average molecular weight is 338 g/mol. The lowest BCUT2D eigenvalue weighted by molar-refractivity contribution is -0.0725. The summed E-state index contributed by atoms with van der Waals surface area (Å²) < 4.78 is 11.3. The molecule has 124 valence electrons. The number of aromatic nitrogens is 2. The van der Waals surface area contributed by atoms with E-state index in [0.29, 0.717) is 42.4 Å². The Morgan fingerprint density at radius 3 is 3.17 bits per heavy atom. The second-order valence-corrected chi connectivity index (χ2v) is 6.29. The molecule has 2 aromatic rings. The number of aromatic amines is 1. The quantitative estimate of drug-likeness (QED) is 0.930. The summed E-state index contributed by atoms with van der Waals surface area (Å²) in [4.78, 5) is 14.7. The molecule has 0 radical (unpaired) electrons. The number of nitrogens with zero attached hydrogens (tertiary/aromatic N) is 2. The van der Waals surface area contributed by atoms with E-state index in [0.717, 1.165) is 5.39 Å². The maximum absolute atomic E-state index is 12.9. The number of carbonyl (C=O) groups excluding carboxylic acids is 1. The Hall–Kier alpha value is -1.63. The Kier molecular flexibility index (Phi) is 4.84. The number of rotatable bonds is 4. The average Bonchev–Trinajstić information content (AvgIpc) is 3.01. The summed E-state index contributed by atoms with van der Waals surface area (Å²) in [5.74, 6) is -0.109. The van der Waals surface area contributed by atoms with Crippen molar-refractivity contribution in [2.24, 2.45) is 0 Å². The first-order chi connectivity index (χ1) is 11.1. The van der Waals surface area contributed by atoms with E-state index in [1.807, 2.05) is 19.9 Å². The second kappa shape index (κ2) is 6.86. The first-order valence-electron chi connectivity index (χ1n) is 7.70. The summed E-state index contributed by atoms with van der Waals surface area (Å²) in [5.41, 5.74) is 1.14. The van der Waals surface area contributed by atoms with Gasteiger partial charge in [-0.25, -0.2) is 0 Å². The molecule has 2 heterocycles. The first-order valence-corrected chi connectivity index (χ1v) is 8.08. The van der Waals surface area contributed by atoms with E-state index < -0.39 is 0 Å². The van der Waals surface area contributed by atoms with Gasteiger partial charge in [-0.3, -0.25) is 9.89 Å². The number of nitrogens with one attached hydrogen (secondary N) is 1. The molecule has 23 heavy (non-hydrogen) atoms. The standard InChI is InChI=1S/C16H20ClN3O3/c1-10(2)23-9-12-8-20(5-6-22-12)16(21)14-13(17)4-3-11-7-18-19-15(11)14/h3-4,7,10,12H,5-6,8-9H2,1-2H3,(H,18,19). The molecule has 1 atom stereocenters. The van der Waals surface area contributed by atoms with Crippen LogP contribution in [0.5, 0.6) is 0 Å². The van der Waals surface area contributed by atoms with Crippen LogP contribution in [0.2, 0.25) is 5.02 Å². The van der Waals surface area contributed by atoms with Gasteiger partial charge in [0, 0.05) is 18.5 Å². The molecular formula is C16H20ClN3O3. The van der Waals surface area contributed by atoms with Gasteiger partial charge in [0.25, 0.3) is 5.91 Å². The van der Waals surface area contributed by atoms with Gasteiger partial charge in [-0.1, -0.05) is 11.6 Å². The van der Waals surface area contributed by atoms with Gasteiger partial charge < -0.3 is 14.4 Å². The molecule has 1 aliphatic rings. The monoisotopic (exact) mass is 337 g/mol. The predicted molar refractivity (Wildman–Crippen MR) is 87.8 cm³/mol. The Morgan fingerprint density at radius 2 is 2.39 bits per heavy atom. The third-order valence-electron chi connectivity index (χ3n) is 3.82. The van der Waals surface area contributed by atoms with Crippen LogP contribution in [0.3, 0.4) is 0 Å². The van der Waals surface area contributed by atoms with E-state index in [9.17, 15) is 4.79 Å². The summed E-state index contributed by atoms with van der Waals surface area (Å²) in [7, 11) is 0. The van der Waals surface area contributed by atoms with E-state index in [2.05, 4.69) is 10.2 Å². The van der Waals surface area contributed by atoms with Crippen molar-refractivity contribution in [3.8, 4) is 0 Å². The lowest BCUT2D eigenvalue weighted by Gasteiger charge is -2.33. The predicted octanol–water partition coefficient (Wildman–Crippen LogP) is 2.48. The van der Waals surface area contributed by atoms with Crippen LogP contribution in [0, 0.1) is 0 Å². The van der Waals surface area contributed by atoms with E-state index in [1.54, 1.807) is 17.2 Å². The number of benzene rings is 1. The molecule has 3 rings (SSSR count). The molecule has 7 heteroatoms. The third-order valence-corrected chi connectivity index (χ3v) is 4.14. The Balaban J connectivity index is 1.79. The highest BCUT2D eigenvalue weighted by Gasteiger charge is 2.28. The lowest BCUT2D eigenvalue weighted by atomic mass is 10.1.